The Morgan fingerprint density at radius 1 is 1.03 bits per heavy atom. The van der Waals surface area contributed by atoms with Crippen molar-refractivity contribution in [2.75, 3.05) is 30.8 Å². The summed E-state index contributed by atoms with van der Waals surface area (Å²) >= 11 is 0. The molecule has 2 rings (SSSR count). The third-order valence-electron chi connectivity index (χ3n) is 5.78. The number of nitrogens with zero attached hydrogens (tertiary/aromatic N) is 2. The summed E-state index contributed by atoms with van der Waals surface area (Å²) in [6, 6.07) is 15.6. The summed E-state index contributed by atoms with van der Waals surface area (Å²) in [4.78, 5) is 28.0. The molecule has 0 aromatic heterocycles. The third-order valence-corrected chi connectivity index (χ3v) is 6.97. The van der Waals surface area contributed by atoms with Crippen molar-refractivity contribution in [2.45, 2.75) is 52.6 Å². The number of hydrogen-bond donors (Lipinski definition) is 1. The molecule has 8 nitrogen and oxygen atoms in total. The molecular formula is C27H39N3O5S. The van der Waals surface area contributed by atoms with Crippen LogP contribution in [0.4, 0.5) is 5.69 Å². The van der Waals surface area contributed by atoms with Crippen LogP contribution in [0.15, 0.2) is 54.6 Å². The first kappa shape index (κ1) is 29.2. The third kappa shape index (κ3) is 8.86. The number of carbonyl (C=O) groups is 2. The lowest BCUT2D eigenvalue weighted by atomic mass is 10.1. The molecule has 0 aliphatic carbocycles. The molecule has 0 radical (unpaired) electrons. The fourth-order valence-corrected chi connectivity index (χ4v) is 4.83. The summed E-state index contributed by atoms with van der Waals surface area (Å²) < 4.78 is 31.3. The van der Waals surface area contributed by atoms with Crippen LogP contribution in [0.1, 0.15) is 45.6 Å². The summed E-state index contributed by atoms with van der Waals surface area (Å²) in [5.41, 5.74) is 1.43. The lowest BCUT2D eigenvalue weighted by Crippen LogP contribution is -2.49. The van der Waals surface area contributed by atoms with Gasteiger partial charge in [0.2, 0.25) is 21.8 Å². The van der Waals surface area contributed by atoms with Crippen LogP contribution in [-0.2, 0) is 26.2 Å². The molecule has 0 fully saturated rings. The Balaban J connectivity index is 2.19. The number of carbonyl (C=O) groups excluding carboxylic acids is 2. The van der Waals surface area contributed by atoms with Crippen LogP contribution in [0.25, 0.3) is 0 Å². The second-order valence-electron chi connectivity index (χ2n) is 9.21. The highest BCUT2D eigenvalue weighted by Gasteiger charge is 2.29. The van der Waals surface area contributed by atoms with Crippen molar-refractivity contribution in [3.8, 4) is 5.75 Å². The molecule has 0 saturated heterocycles. The maximum Gasteiger partial charge on any atom is 0.242 e. The number of ether oxygens (including phenoxy) is 1. The highest BCUT2D eigenvalue weighted by molar-refractivity contribution is 7.92. The molecule has 0 aliphatic heterocycles. The number of methoxy groups -OCH3 is 1. The average molecular weight is 518 g/mol. The lowest BCUT2D eigenvalue weighted by molar-refractivity contribution is -0.141. The standard InChI is InChI=1S/C27H39N3O5S/c1-6-25(27(32)28-19-21(2)3)29(20-22-14-16-24(35-4)17-15-22)26(31)13-10-18-30(36(5,33)34)23-11-8-7-9-12-23/h7-9,11-12,14-17,21,25H,6,10,13,18-20H2,1-5H3,(H,28,32)/t25-/m1/s1. The largest absolute Gasteiger partial charge is 0.497 e. The Bertz CT molecular complexity index is 1070. The van der Waals surface area contributed by atoms with E-state index in [4.69, 9.17) is 4.74 Å². The maximum atomic E-state index is 13.4. The predicted octanol–water partition coefficient (Wildman–Crippen LogP) is 3.82. The van der Waals surface area contributed by atoms with Gasteiger partial charge in [-0.3, -0.25) is 13.9 Å². The fraction of sp³-hybridized carbons (Fsp3) is 0.481. The predicted molar refractivity (Wildman–Crippen MR) is 143 cm³/mol. The number of para-hydroxylation sites is 1. The minimum Gasteiger partial charge on any atom is -0.497 e. The molecule has 0 saturated carbocycles. The molecule has 0 spiro atoms. The van der Waals surface area contributed by atoms with Gasteiger partial charge in [0, 0.05) is 26.1 Å². The molecule has 1 N–H and O–H groups in total. The van der Waals surface area contributed by atoms with Crippen molar-refractivity contribution in [1.82, 2.24) is 10.2 Å². The first-order valence-corrected chi connectivity index (χ1v) is 14.1. The van der Waals surface area contributed by atoms with E-state index < -0.39 is 16.1 Å². The average Bonchev–Trinajstić information content (AvgIpc) is 2.85. The van der Waals surface area contributed by atoms with Gasteiger partial charge in [0.25, 0.3) is 0 Å². The topological polar surface area (TPSA) is 96.0 Å². The van der Waals surface area contributed by atoms with Crippen molar-refractivity contribution in [2.24, 2.45) is 5.92 Å². The minimum absolute atomic E-state index is 0.114. The Labute approximate surface area is 215 Å². The molecule has 2 aromatic rings. The van der Waals surface area contributed by atoms with Gasteiger partial charge in [-0.05, 0) is 48.6 Å². The second kappa shape index (κ2) is 13.9. The first-order valence-electron chi connectivity index (χ1n) is 12.3. The number of amides is 2. The van der Waals surface area contributed by atoms with E-state index >= 15 is 0 Å². The monoisotopic (exact) mass is 517 g/mol. The number of sulfonamides is 1. The van der Waals surface area contributed by atoms with E-state index in [-0.39, 0.29) is 37.2 Å². The van der Waals surface area contributed by atoms with E-state index in [9.17, 15) is 18.0 Å². The number of nitrogens with one attached hydrogen (secondary N) is 1. The van der Waals surface area contributed by atoms with Gasteiger partial charge < -0.3 is 15.0 Å². The van der Waals surface area contributed by atoms with Gasteiger partial charge in [0.05, 0.1) is 19.1 Å². The van der Waals surface area contributed by atoms with E-state index in [0.29, 0.717) is 30.8 Å². The SMILES string of the molecule is CC[C@H](C(=O)NCC(C)C)N(Cc1ccc(OC)cc1)C(=O)CCCN(c1ccccc1)S(C)(=O)=O. The van der Waals surface area contributed by atoms with Gasteiger partial charge in [-0.15, -0.1) is 0 Å². The van der Waals surface area contributed by atoms with Crippen LogP contribution in [0, 0.1) is 5.92 Å². The summed E-state index contributed by atoms with van der Waals surface area (Å²) in [5.74, 6) is 0.617. The Morgan fingerprint density at radius 3 is 2.19 bits per heavy atom. The van der Waals surface area contributed by atoms with Crippen molar-refractivity contribution < 1.29 is 22.7 Å². The van der Waals surface area contributed by atoms with Gasteiger partial charge in [0.1, 0.15) is 11.8 Å². The molecular weight excluding hydrogens is 478 g/mol. The molecule has 1 atom stereocenters. The zero-order valence-corrected chi connectivity index (χ0v) is 22.8. The Morgan fingerprint density at radius 2 is 1.67 bits per heavy atom. The number of rotatable bonds is 14. The van der Waals surface area contributed by atoms with E-state index in [1.54, 1.807) is 36.3 Å². The fourth-order valence-electron chi connectivity index (χ4n) is 3.87. The molecule has 0 unspecified atom stereocenters. The molecule has 36 heavy (non-hydrogen) atoms. The van der Waals surface area contributed by atoms with Gasteiger partial charge in [-0.1, -0.05) is 51.1 Å². The van der Waals surface area contributed by atoms with Crippen molar-refractivity contribution in [3.63, 3.8) is 0 Å². The highest BCUT2D eigenvalue weighted by Crippen LogP contribution is 2.20. The van der Waals surface area contributed by atoms with E-state index in [2.05, 4.69) is 5.32 Å². The maximum absolute atomic E-state index is 13.4. The first-order chi connectivity index (χ1) is 17.1. The number of hydrogen-bond acceptors (Lipinski definition) is 5. The van der Waals surface area contributed by atoms with E-state index in [0.717, 1.165) is 11.8 Å². The van der Waals surface area contributed by atoms with Crippen LogP contribution < -0.4 is 14.4 Å². The second-order valence-corrected chi connectivity index (χ2v) is 11.1. The summed E-state index contributed by atoms with van der Waals surface area (Å²) in [7, 11) is -1.92. The number of benzene rings is 2. The van der Waals surface area contributed by atoms with E-state index in [1.165, 1.54) is 4.31 Å². The molecule has 9 heteroatoms. The molecule has 2 amide bonds. The van der Waals surface area contributed by atoms with Crippen molar-refractivity contribution >= 4 is 27.5 Å². The van der Waals surface area contributed by atoms with Gasteiger partial charge in [0.15, 0.2) is 0 Å². The minimum atomic E-state index is -3.51. The lowest BCUT2D eigenvalue weighted by Gasteiger charge is -2.31. The van der Waals surface area contributed by atoms with Crippen LogP contribution in [-0.4, -0.2) is 57.6 Å². The summed E-state index contributed by atoms with van der Waals surface area (Å²) in [6.07, 6.45) is 2.06. The Hall–Kier alpha value is -3.07. The quantitative estimate of drug-likeness (QED) is 0.411. The molecule has 198 valence electrons. The van der Waals surface area contributed by atoms with Gasteiger partial charge in [-0.2, -0.15) is 0 Å². The molecule has 2 aromatic carbocycles. The summed E-state index contributed by atoms with van der Waals surface area (Å²) in [6.45, 7) is 6.88. The number of anilines is 1. The summed E-state index contributed by atoms with van der Waals surface area (Å²) in [5, 5.41) is 2.95. The van der Waals surface area contributed by atoms with Crippen LogP contribution in [0.3, 0.4) is 0 Å². The van der Waals surface area contributed by atoms with Gasteiger partial charge in [-0.25, -0.2) is 8.42 Å². The zero-order valence-electron chi connectivity index (χ0n) is 21.9. The Kier molecular flexibility index (Phi) is 11.2. The normalized spacial score (nSPS) is 12.2. The van der Waals surface area contributed by atoms with Crippen molar-refractivity contribution in [3.05, 3.63) is 60.2 Å². The van der Waals surface area contributed by atoms with Gasteiger partial charge >= 0.3 is 0 Å². The highest BCUT2D eigenvalue weighted by atomic mass is 32.2. The smallest absolute Gasteiger partial charge is 0.242 e. The van der Waals surface area contributed by atoms with Crippen molar-refractivity contribution in [1.29, 1.82) is 0 Å². The van der Waals surface area contributed by atoms with Crippen LogP contribution >= 0.6 is 0 Å². The zero-order chi connectivity index (χ0) is 26.7. The van der Waals surface area contributed by atoms with E-state index in [1.807, 2.05) is 51.1 Å². The molecule has 0 aliphatic rings. The molecule has 0 bridgehead atoms. The molecule has 0 heterocycles. The van der Waals surface area contributed by atoms with Crippen LogP contribution in [0.2, 0.25) is 0 Å². The van der Waals surface area contributed by atoms with Crippen LogP contribution in [0.5, 0.6) is 5.75 Å².